The van der Waals surface area contributed by atoms with Crippen LogP contribution in [0.3, 0.4) is 0 Å². The van der Waals surface area contributed by atoms with Gasteiger partial charge in [-0.05, 0) is 51.8 Å². The average Bonchev–Trinajstić information content (AvgIpc) is 3.14. The van der Waals surface area contributed by atoms with E-state index in [2.05, 4.69) is 22.4 Å². The number of carbonyl (C=O) groups excluding carboxylic acids is 1. The largest absolute Gasteiger partial charge is 0.346 e. The van der Waals surface area contributed by atoms with Crippen molar-refractivity contribution in [3.63, 3.8) is 0 Å². The number of aromatic nitrogens is 4. The Kier molecular flexibility index (Phi) is 5.44. The van der Waals surface area contributed by atoms with Crippen molar-refractivity contribution < 1.29 is 4.79 Å². The Morgan fingerprint density at radius 3 is 1.89 bits per heavy atom. The van der Waals surface area contributed by atoms with Crippen LogP contribution in [0.2, 0.25) is 0 Å². The van der Waals surface area contributed by atoms with Crippen LogP contribution >= 0.6 is 0 Å². The van der Waals surface area contributed by atoms with Crippen molar-refractivity contribution in [3.8, 4) is 0 Å². The third-order valence-electron chi connectivity index (χ3n) is 4.71. The number of benzene rings is 1. The number of nitrogens with one attached hydrogen (secondary N) is 1. The molecule has 0 bridgehead atoms. The minimum Gasteiger partial charge on any atom is -0.346 e. The van der Waals surface area contributed by atoms with Crippen LogP contribution in [0.1, 0.15) is 53.9 Å². The second-order valence-corrected chi connectivity index (χ2v) is 7.00. The van der Waals surface area contributed by atoms with E-state index < -0.39 is 6.17 Å². The molecule has 2 aromatic heterocycles. The van der Waals surface area contributed by atoms with Crippen LogP contribution in [0, 0.1) is 27.7 Å². The summed E-state index contributed by atoms with van der Waals surface area (Å²) in [6, 6.07) is 13.9. The molecule has 3 rings (SSSR count). The quantitative estimate of drug-likeness (QED) is 0.725. The summed E-state index contributed by atoms with van der Waals surface area (Å²) in [5.41, 5.74) is 4.69. The molecule has 0 saturated heterocycles. The lowest BCUT2D eigenvalue weighted by molar-refractivity contribution is -0.126. The number of aryl methyl sites for hydroxylation is 4. The molecule has 0 spiro atoms. The van der Waals surface area contributed by atoms with E-state index in [0.717, 1.165) is 34.8 Å². The monoisotopic (exact) mass is 365 g/mol. The van der Waals surface area contributed by atoms with Crippen LogP contribution in [0.5, 0.6) is 0 Å². The van der Waals surface area contributed by atoms with E-state index in [4.69, 9.17) is 0 Å². The summed E-state index contributed by atoms with van der Waals surface area (Å²) >= 11 is 0. The van der Waals surface area contributed by atoms with Crippen molar-refractivity contribution in [2.75, 3.05) is 0 Å². The van der Waals surface area contributed by atoms with E-state index in [1.807, 2.05) is 70.2 Å². The van der Waals surface area contributed by atoms with Crippen LogP contribution in [-0.2, 0) is 4.79 Å². The summed E-state index contributed by atoms with van der Waals surface area (Å²) in [5.74, 6) is -0.122. The molecule has 27 heavy (non-hydrogen) atoms. The van der Waals surface area contributed by atoms with Crippen molar-refractivity contribution in [1.29, 1.82) is 0 Å². The highest BCUT2D eigenvalue weighted by molar-refractivity contribution is 5.80. The molecule has 2 heterocycles. The summed E-state index contributed by atoms with van der Waals surface area (Å²) in [6.07, 6.45) is 0.140. The molecule has 142 valence electrons. The second kappa shape index (κ2) is 7.78. The van der Waals surface area contributed by atoms with Gasteiger partial charge in [0, 0.05) is 11.4 Å². The smallest absolute Gasteiger partial charge is 0.267 e. The molecule has 3 aromatic rings. The first-order valence-electron chi connectivity index (χ1n) is 9.31. The molecular formula is C21H27N5O. The van der Waals surface area contributed by atoms with Crippen molar-refractivity contribution in [2.24, 2.45) is 0 Å². The first-order chi connectivity index (χ1) is 12.9. The molecule has 0 fully saturated rings. The van der Waals surface area contributed by atoms with Crippen LogP contribution < -0.4 is 5.32 Å². The van der Waals surface area contributed by atoms with Gasteiger partial charge in [0.1, 0.15) is 0 Å². The number of hydrogen-bond acceptors (Lipinski definition) is 3. The van der Waals surface area contributed by atoms with Crippen LogP contribution in [0.4, 0.5) is 0 Å². The zero-order valence-corrected chi connectivity index (χ0v) is 16.6. The van der Waals surface area contributed by atoms with Gasteiger partial charge in [0.15, 0.2) is 0 Å². The molecular weight excluding hydrogens is 338 g/mol. The summed E-state index contributed by atoms with van der Waals surface area (Å²) in [5, 5.41) is 12.3. The van der Waals surface area contributed by atoms with Gasteiger partial charge in [0.25, 0.3) is 5.91 Å². The molecule has 1 aromatic carbocycles. The second-order valence-electron chi connectivity index (χ2n) is 7.00. The van der Waals surface area contributed by atoms with Crippen molar-refractivity contribution in [1.82, 2.24) is 24.9 Å². The van der Waals surface area contributed by atoms with Crippen molar-refractivity contribution in [2.45, 2.75) is 53.2 Å². The Morgan fingerprint density at radius 1 is 0.963 bits per heavy atom. The van der Waals surface area contributed by atoms with Crippen molar-refractivity contribution >= 4 is 5.91 Å². The van der Waals surface area contributed by atoms with Gasteiger partial charge in [-0.1, -0.05) is 37.3 Å². The van der Waals surface area contributed by atoms with Gasteiger partial charge >= 0.3 is 0 Å². The van der Waals surface area contributed by atoms with Crippen LogP contribution in [0.25, 0.3) is 0 Å². The van der Waals surface area contributed by atoms with Gasteiger partial charge in [0.2, 0.25) is 6.17 Å². The standard InChI is InChI=1S/C21H27N5O/c1-6-19(18-10-8-7-9-11-18)22-20(27)21(25-16(4)12-14(2)23-25)26-17(5)13-15(3)24-26/h7-13,19,21H,6H2,1-5H3,(H,22,27)/t19-/m0/s1. The first kappa shape index (κ1) is 18.9. The molecule has 1 N–H and O–H groups in total. The summed E-state index contributed by atoms with van der Waals surface area (Å²) < 4.78 is 3.50. The SMILES string of the molecule is CC[C@H](NC(=O)C(n1nc(C)cc1C)n1nc(C)cc1C)c1ccccc1. The maximum Gasteiger partial charge on any atom is 0.267 e. The number of hydrogen-bond donors (Lipinski definition) is 1. The molecule has 0 aliphatic heterocycles. The molecule has 0 saturated carbocycles. The Hall–Kier alpha value is -2.89. The molecule has 0 radical (unpaired) electrons. The Balaban J connectivity index is 1.98. The summed E-state index contributed by atoms with van der Waals surface area (Å²) in [4.78, 5) is 13.4. The van der Waals surface area contributed by atoms with Crippen molar-refractivity contribution in [3.05, 3.63) is 70.8 Å². The predicted molar refractivity (Wildman–Crippen MR) is 105 cm³/mol. The van der Waals surface area contributed by atoms with E-state index in [9.17, 15) is 4.79 Å². The fourth-order valence-corrected chi connectivity index (χ4v) is 3.47. The van der Waals surface area contributed by atoms with Gasteiger partial charge in [-0.2, -0.15) is 10.2 Å². The maximum absolute atomic E-state index is 13.4. The highest BCUT2D eigenvalue weighted by atomic mass is 16.2. The van der Waals surface area contributed by atoms with E-state index in [-0.39, 0.29) is 11.9 Å². The average molecular weight is 365 g/mol. The fraction of sp³-hybridized carbons (Fsp3) is 0.381. The number of rotatable bonds is 6. The summed E-state index contributed by atoms with van der Waals surface area (Å²) in [7, 11) is 0. The number of carbonyl (C=O) groups is 1. The molecule has 0 unspecified atom stereocenters. The Bertz CT molecular complexity index is 879. The van der Waals surface area contributed by atoms with E-state index >= 15 is 0 Å². The number of nitrogens with zero attached hydrogens (tertiary/aromatic N) is 4. The maximum atomic E-state index is 13.4. The molecule has 0 aliphatic carbocycles. The van der Waals surface area contributed by atoms with Gasteiger partial charge in [-0.3, -0.25) is 4.79 Å². The van der Waals surface area contributed by atoms with Crippen LogP contribution in [-0.4, -0.2) is 25.5 Å². The zero-order chi connectivity index (χ0) is 19.6. The molecule has 6 heteroatoms. The predicted octanol–water partition coefficient (Wildman–Crippen LogP) is 3.63. The zero-order valence-electron chi connectivity index (χ0n) is 16.6. The highest BCUT2D eigenvalue weighted by Gasteiger charge is 2.29. The lowest BCUT2D eigenvalue weighted by Crippen LogP contribution is -2.40. The molecule has 6 nitrogen and oxygen atoms in total. The highest BCUT2D eigenvalue weighted by Crippen LogP contribution is 2.21. The molecule has 1 amide bonds. The van der Waals surface area contributed by atoms with Crippen LogP contribution in [0.15, 0.2) is 42.5 Å². The van der Waals surface area contributed by atoms with E-state index in [1.165, 1.54) is 0 Å². The summed E-state index contributed by atoms with van der Waals surface area (Å²) in [6.45, 7) is 9.84. The Morgan fingerprint density at radius 2 is 1.48 bits per heavy atom. The fourth-order valence-electron chi connectivity index (χ4n) is 3.47. The topological polar surface area (TPSA) is 64.7 Å². The van der Waals surface area contributed by atoms with E-state index in [1.54, 1.807) is 9.36 Å². The third kappa shape index (κ3) is 3.94. The van der Waals surface area contributed by atoms with E-state index in [0.29, 0.717) is 0 Å². The van der Waals surface area contributed by atoms with Gasteiger partial charge < -0.3 is 5.32 Å². The third-order valence-corrected chi connectivity index (χ3v) is 4.71. The first-order valence-corrected chi connectivity index (χ1v) is 9.31. The normalized spacial score (nSPS) is 12.4. The number of amides is 1. The Labute approximate surface area is 160 Å². The lowest BCUT2D eigenvalue weighted by atomic mass is 10.0. The van der Waals surface area contributed by atoms with Gasteiger partial charge in [-0.15, -0.1) is 0 Å². The minimum absolute atomic E-state index is 0.0601. The molecule has 1 atom stereocenters. The van der Waals surface area contributed by atoms with Gasteiger partial charge in [-0.25, -0.2) is 9.36 Å². The molecule has 0 aliphatic rings. The minimum atomic E-state index is -0.662. The lowest BCUT2D eigenvalue weighted by Gasteiger charge is -2.24. The van der Waals surface area contributed by atoms with Gasteiger partial charge in [0.05, 0.1) is 17.4 Å².